The van der Waals surface area contributed by atoms with Gasteiger partial charge in [0.15, 0.2) is 0 Å². The van der Waals surface area contributed by atoms with E-state index in [4.69, 9.17) is 4.74 Å². The number of carbonyl (C=O) groups is 2. The highest BCUT2D eigenvalue weighted by Gasteiger charge is 2.28. The zero-order valence-corrected chi connectivity index (χ0v) is 15.9. The molecule has 2 aromatic carbocycles. The first-order valence-electron chi connectivity index (χ1n) is 9.37. The topological polar surface area (TPSA) is 78.9 Å². The Labute approximate surface area is 168 Å². The summed E-state index contributed by atoms with van der Waals surface area (Å²) < 4.78 is 18.7. The van der Waals surface area contributed by atoms with Crippen molar-refractivity contribution in [2.75, 3.05) is 18.5 Å². The summed E-state index contributed by atoms with van der Waals surface area (Å²) in [5.74, 6) is -1.31. The third-order valence-corrected chi connectivity index (χ3v) is 4.84. The fourth-order valence-electron chi connectivity index (χ4n) is 3.28. The molecule has 1 heterocycles. The van der Waals surface area contributed by atoms with E-state index in [-0.39, 0.29) is 35.6 Å². The van der Waals surface area contributed by atoms with Gasteiger partial charge in [-0.15, -0.1) is 0 Å². The van der Waals surface area contributed by atoms with E-state index in [9.17, 15) is 19.1 Å². The number of rotatable bonds is 6. The summed E-state index contributed by atoms with van der Waals surface area (Å²) in [6.07, 6.45) is 2.46. The van der Waals surface area contributed by atoms with Crippen LogP contribution in [0.2, 0.25) is 0 Å². The molecule has 0 aliphatic carbocycles. The lowest BCUT2D eigenvalue weighted by Gasteiger charge is -2.34. The van der Waals surface area contributed by atoms with Gasteiger partial charge in [0.1, 0.15) is 11.6 Å². The van der Waals surface area contributed by atoms with Crippen LogP contribution < -0.4 is 5.32 Å². The van der Waals surface area contributed by atoms with Crippen LogP contribution in [0.25, 0.3) is 0 Å². The van der Waals surface area contributed by atoms with Gasteiger partial charge in [-0.1, -0.05) is 18.7 Å². The number of aromatic hydroxyl groups is 1. The predicted molar refractivity (Wildman–Crippen MR) is 107 cm³/mol. The SMILES string of the molecule is C=CC(=O)Nc1ccc(O)c(C(=O)N(Cc2ccc(F)cc2)C2CCOCC2)c1. The van der Waals surface area contributed by atoms with Crippen molar-refractivity contribution in [3.63, 3.8) is 0 Å². The van der Waals surface area contributed by atoms with E-state index in [2.05, 4.69) is 11.9 Å². The van der Waals surface area contributed by atoms with Gasteiger partial charge in [-0.3, -0.25) is 9.59 Å². The summed E-state index contributed by atoms with van der Waals surface area (Å²) in [7, 11) is 0. The Morgan fingerprint density at radius 1 is 1.21 bits per heavy atom. The average molecular weight is 398 g/mol. The molecule has 2 aromatic rings. The van der Waals surface area contributed by atoms with Crippen LogP contribution in [0.1, 0.15) is 28.8 Å². The first-order chi connectivity index (χ1) is 14.0. The summed E-state index contributed by atoms with van der Waals surface area (Å²) in [6, 6.07) is 10.2. The van der Waals surface area contributed by atoms with Crippen LogP contribution in [0.5, 0.6) is 5.75 Å². The number of halogens is 1. The first-order valence-corrected chi connectivity index (χ1v) is 9.37. The number of benzene rings is 2. The highest BCUT2D eigenvalue weighted by molar-refractivity contribution is 6.02. The lowest BCUT2D eigenvalue weighted by atomic mass is 10.0. The van der Waals surface area contributed by atoms with Gasteiger partial charge >= 0.3 is 0 Å². The number of anilines is 1. The summed E-state index contributed by atoms with van der Waals surface area (Å²) in [5.41, 5.74) is 1.24. The number of amides is 2. The molecular formula is C22H23FN2O4. The maximum atomic E-state index is 13.4. The van der Waals surface area contributed by atoms with Crippen LogP contribution >= 0.6 is 0 Å². The monoisotopic (exact) mass is 398 g/mol. The standard InChI is InChI=1S/C22H23FN2O4/c1-2-21(27)24-17-7-8-20(26)19(13-17)22(28)25(18-9-11-29-12-10-18)14-15-3-5-16(23)6-4-15/h2-8,13,18,26H,1,9-12,14H2,(H,24,27). The Balaban J connectivity index is 1.90. The molecule has 152 valence electrons. The van der Waals surface area contributed by atoms with Crippen LogP contribution in [-0.4, -0.2) is 41.1 Å². The molecule has 7 heteroatoms. The minimum Gasteiger partial charge on any atom is -0.507 e. The number of hydrogen-bond acceptors (Lipinski definition) is 4. The molecule has 1 fully saturated rings. The van der Waals surface area contributed by atoms with Crippen LogP contribution in [0.3, 0.4) is 0 Å². The number of carbonyl (C=O) groups excluding carboxylic acids is 2. The third-order valence-electron chi connectivity index (χ3n) is 4.84. The first kappa shape index (κ1) is 20.5. The zero-order valence-electron chi connectivity index (χ0n) is 15.9. The summed E-state index contributed by atoms with van der Waals surface area (Å²) >= 11 is 0. The quantitative estimate of drug-likeness (QED) is 0.577. The highest BCUT2D eigenvalue weighted by Crippen LogP contribution is 2.27. The molecule has 0 unspecified atom stereocenters. The summed E-state index contributed by atoms with van der Waals surface area (Å²) in [4.78, 5) is 26.6. The fraction of sp³-hybridized carbons (Fsp3) is 0.273. The van der Waals surface area contributed by atoms with Crippen molar-refractivity contribution in [1.82, 2.24) is 4.90 Å². The third kappa shape index (κ3) is 5.20. The van der Waals surface area contributed by atoms with Gasteiger partial charge in [0.05, 0.1) is 5.56 Å². The van der Waals surface area contributed by atoms with Crippen molar-refractivity contribution in [3.05, 3.63) is 72.1 Å². The van der Waals surface area contributed by atoms with Crippen LogP contribution in [-0.2, 0) is 16.1 Å². The van der Waals surface area contributed by atoms with E-state index in [1.165, 1.54) is 30.3 Å². The molecule has 1 aliphatic rings. The lowest BCUT2D eigenvalue weighted by molar-refractivity contribution is -0.111. The Morgan fingerprint density at radius 2 is 1.90 bits per heavy atom. The van der Waals surface area contributed by atoms with Gasteiger partial charge in [-0.2, -0.15) is 0 Å². The minimum atomic E-state index is -0.415. The van der Waals surface area contributed by atoms with Crippen LogP contribution in [0.4, 0.5) is 10.1 Å². The predicted octanol–water partition coefficient (Wildman–Crippen LogP) is 3.48. The molecule has 0 saturated carbocycles. The smallest absolute Gasteiger partial charge is 0.258 e. The number of phenolic OH excluding ortho intramolecular Hbond substituents is 1. The molecule has 0 bridgehead atoms. The van der Waals surface area contributed by atoms with E-state index in [0.29, 0.717) is 31.7 Å². The Morgan fingerprint density at radius 3 is 2.55 bits per heavy atom. The van der Waals surface area contributed by atoms with Crippen molar-refractivity contribution in [3.8, 4) is 5.75 Å². The van der Waals surface area contributed by atoms with E-state index in [1.54, 1.807) is 17.0 Å². The molecular weight excluding hydrogens is 375 g/mol. The molecule has 2 amide bonds. The molecule has 2 N–H and O–H groups in total. The zero-order chi connectivity index (χ0) is 20.8. The normalized spacial score (nSPS) is 14.2. The molecule has 0 radical (unpaired) electrons. The number of nitrogens with zero attached hydrogens (tertiary/aromatic N) is 1. The van der Waals surface area contributed by atoms with Gasteiger partial charge in [0.2, 0.25) is 5.91 Å². The lowest BCUT2D eigenvalue weighted by Crippen LogP contribution is -2.43. The van der Waals surface area contributed by atoms with Crippen molar-refractivity contribution in [2.45, 2.75) is 25.4 Å². The summed E-state index contributed by atoms with van der Waals surface area (Å²) in [5, 5.41) is 12.9. The number of phenols is 1. The van der Waals surface area contributed by atoms with Crippen molar-refractivity contribution < 1.29 is 23.8 Å². The van der Waals surface area contributed by atoms with Gasteiger partial charge in [-0.05, 0) is 54.8 Å². The molecule has 0 atom stereocenters. The Bertz CT molecular complexity index is 892. The van der Waals surface area contributed by atoms with Gasteiger partial charge in [0, 0.05) is 31.5 Å². The molecule has 0 spiro atoms. The maximum Gasteiger partial charge on any atom is 0.258 e. The second kappa shape index (κ2) is 9.34. The fourth-order valence-corrected chi connectivity index (χ4v) is 3.28. The number of ether oxygens (including phenoxy) is 1. The van der Waals surface area contributed by atoms with Gasteiger partial charge in [-0.25, -0.2) is 4.39 Å². The van der Waals surface area contributed by atoms with Gasteiger partial charge in [0.25, 0.3) is 5.91 Å². The Kier molecular flexibility index (Phi) is 6.61. The largest absolute Gasteiger partial charge is 0.507 e. The molecule has 3 rings (SSSR count). The van der Waals surface area contributed by atoms with Crippen molar-refractivity contribution >= 4 is 17.5 Å². The van der Waals surface area contributed by atoms with Crippen LogP contribution in [0.15, 0.2) is 55.1 Å². The van der Waals surface area contributed by atoms with E-state index in [0.717, 1.165) is 11.6 Å². The Hall–Kier alpha value is -3.19. The summed E-state index contributed by atoms with van der Waals surface area (Å²) in [6.45, 7) is 4.75. The molecule has 0 aromatic heterocycles. The van der Waals surface area contributed by atoms with Crippen LogP contribution in [0, 0.1) is 5.82 Å². The second-order valence-electron chi connectivity index (χ2n) is 6.83. The molecule has 6 nitrogen and oxygen atoms in total. The van der Waals surface area contributed by atoms with E-state index < -0.39 is 5.91 Å². The van der Waals surface area contributed by atoms with Gasteiger partial charge < -0.3 is 20.1 Å². The average Bonchev–Trinajstić information content (AvgIpc) is 2.74. The van der Waals surface area contributed by atoms with E-state index in [1.807, 2.05) is 0 Å². The molecule has 1 saturated heterocycles. The maximum absolute atomic E-state index is 13.4. The number of nitrogens with one attached hydrogen (secondary N) is 1. The highest BCUT2D eigenvalue weighted by atomic mass is 19.1. The minimum absolute atomic E-state index is 0.0767. The molecule has 29 heavy (non-hydrogen) atoms. The molecule has 1 aliphatic heterocycles. The van der Waals surface area contributed by atoms with Crippen molar-refractivity contribution in [2.24, 2.45) is 0 Å². The van der Waals surface area contributed by atoms with Crippen molar-refractivity contribution in [1.29, 1.82) is 0 Å². The number of hydrogen-bond donors (Lipinski definition) is 2. The van der Waals surface area contributed by atoms with E-state index >= 15 is 0 Å². The second-order valence-corrected chi connectivity index (χ2v) is 6.83.